The summed E-state index contributed by atoms with van der Waals surface area (Å²) in [5.41, 5.74) is 2.04. The molecule has 2 aromatic carbocycles. The molecule has 0 saturated carbocycles. The number of carbonyl (C=O) groups is 2. The van der Waals surface area contributed by atoms with Gasteiger partial charge in [0.25, 0.3) is 0 Å². The first-order chi connectivity index (χ1) is 12.6. The third-order valence-corrected chi connectivity index (χ3v) is 4.69. The van der Waals surface area contributed by atoms with Crippen LogP contribution < -0.4 is 0 Å². The number of carbonyl (C=O) groups excluding carboxylic acids is 1. The van der Waals surface area contributed by atoms with E-state index in [0.29, 0.717) is 5.56 Å². The van der Waals surface area contributed by atoms with Crippen molar-refractivity contribution in [1.29, 1.82) is 0 Å². The molecule has 0 fully saturated rings. The summed E-state index contributed by atoms with van der Waals surface area (Å²) in [6, 6.07) is 13.9. The predicted octanol–water partition coefficient (Wildman–Crippen LogP) is 5.91. The molecule has 0 aromatic heterocycles. The summed E-state index contributed by atoms with van der Waals surface area (Å²) in [5, 5.41) is 9.24. The van der Waals surface area contributed by atoms with Crippen molar-refractivity contribution in [1.82, 2.24) is 0 Å². The molecular weight excluding hydrogens is 324 g/mol. The summed E-state index contributed by atoms with van der Waals surface area (Å²) >= 11 is 0. The van der Waals surface area contributed by atoms with Crippen molar-refractivity contribution < 1.29 is 14.7 Å². The number of hydrogen-bond acceptors (Lipinski definition) is 2. The normalized spacial score (nSPS) is 10.7. The van der Waals surface area contributed by atoms with Gasteiger partial charge in [-0.1, -0.05) is 87.9 Å². The molecule has 3 nitrogen and oxygen atoms in total. The summed E-state index contributed by atoms with van der Waals surface area (Å²) in [6.45, 7) is 2.23. The fraction of sp³-hybridized carbons (Fsp3) is 0.391. The molecule has 2 aromatic rings. The standard InChI is InChI=1S/C23H28O3/c1-2-3-4-5-6-7-8-11-18-14-16-19(17-15-18)22(24)20-12-9-10-13-21(20)23(25)26/h9-10,12-17H,2-8,11H2,1H3,(H,25,26). The predicted molar refractivity (Wildman–Crippen MR) is 105 cm³/mol. The fourth-order valence-electron chi connectivity index (χ4n) is 3.13. The average Bonchev–Trinajstić information content (AvgIpc) is 2.67. The van der Waals surface area contributed by atoms with Crippen LogP contribution in [0.2, 0.25) is 0 Å². The molecule has 0 unspecified atom stereocenters. The molecule has 0 aliphatic carbocycles. The second-order valence-electron chi connectivity index (χ2n) is 6.75. The second-order valence-corrected chi connectivity index (χ2v) is 6.75. The Morgan fingerprint density at radius 2 is 1.35 bits per heavy atom. The number of carboxylic acid groups (broad SMARTS) is 1. The van der Waals surface area contributed by atoms with Crippen LogP contribution in [0.4, 0.5) is 0 Å². The van der Waals surface area contributed by atoms with E-state index in [9.17, 15) is 14.7 Å². The topological polar surface area (TPSA) is 54.4 Å². The number of ketones is 1. The molecule has 0 heterocycles. The van der Waals surface area contributed by atoms with Crippen LogP contribution >= 0.6 is 0 Å². The van der Waals surface area contributed by atoms with Gasteiger partial charge in [-0.3, -0.25) is 4.79 Å². The number of carboxylic acids is 1. The molecule has 2 rings (SSSR count). The highest BCUT2D eigenvalue weighted by Gasteiger charge is 2.17. The van der Waals surface area contributed by atoms with Crippen molar-refractivity contribution in [3.8, 4) is 0 Å². The molecule has 0 bridgehead atoms. The highest BCUT2D eigenvalue weighted by Crippen LogP contribution is 2.17. The molecule has 0 radical (unpaired) electrons. The van der Waals surface area contributed by atoms with Gasteiger partial charge >= 0.3 is 5.97 Å². The van der Waals surface area contributed by atoms with E-state index in [1.54, 1.807) is 30.3 Å². The van der Waals surface area contributed by atoms with Crippen LogP contribution in [-0.2, 0) is 6.42 Å². The van der Waals surface area contributed by atoms with E-state index < -0.39 is 5.97 Å². The Morgan fingerprint density at radius 1 is 0.769 bits per heavy atom. The summed E-state index contributed by atoms with van der Waals surface area (Å²) in [7, 11) is 0. The summed E-state index contributed by atoms with van der Waals surface area (Å²) in [5.74, 6) is -1.32. The molecular formula is C23H28O3. The van der Waals surface area contributed by atoms with Crippen LogP contribution in [0.3, 0.4) is 0 Å². The Kier molecular flexibility index (Phi) is 8.07. The van der Waals surface area contributed by atoms with E-state index in [1.165, 1.54) is 56.6 Å². The largest absolute Gasteiger partial charge is 0.478 e. The first kappa shape index (κ1) is 19.9. The third kappa shape index (κ3) is 5.83. The first-order valence-corrected chi connectivity index (χ1v) is 9.59. The zero-order valence-corrected chi connectivity index (χ0v) is 15.5. The van der Waals surface area contributed by atoms with Crippen LogP contribution in [0.5, 0.6) is 0 Å². The van der Waals surface area contributed by atoms with E-state index in [-0.39, 0.29) is 16.9 Å². The SMILES string of the molecule is CCCCCCCCCc1ccc(C(=O)c2ccccc2C(=O)O)cc1. The van der Waals surface area contributed by atoms with Crippen molar-refractivity contribution in [2.24, 2.45) is 0 Å². The lowest BCUT2D eigenvalue weighted by Crippen LogP contribution is -2.09. The molecule has 0 atom stereocenters. The van der Waals surface area contributed by atoms with Gasteiger partial charge in [-0.15, -0.1) is 0 Å². The lowest BCUT2D eigenvalue weighted by Gasteiger charge is -2.07. The molecule has 3 heteroatoms. The van der Waals surface area contributed by atoms with E-state index in [2.05, 4.69) is 6.92 Å². The zero-order chi connectivity index (χ0) is 18.8. The average molecular weight is 352 g/mol. The second kappa shape index (κ2) is 10.5. The maximum absolute atomic E-state index is 12.6. The lowest BCUT2D eigenvalue weighted by molar-refractivity contribution is 0.0693. The minimum atomic E-state index is -1.08. The molecule has 138 valence electrons. The monoisotopic (exact) mass is 352 g/mol. The van der Waals surface area contributed by atoms with Crippen LogP contribution in [0.25, 0.3) is 0 Å². The molecule has 0 aliphatic rings. The van der Waals surface area contributed by atoms with Crippen LogP contribution in [0, 0.1) is 0 Å². The van der Waals surface area contributed by atoms with E-state index >= 15 is 0 Å². The lowest BCUT2D eigenvalue weighted by atomic mass is 9.97. The van der Waals surface area contributed by atoms with Gasteiger partial charge < -0.3 is 5.11 Å². The van der Waals surface area contributed by atoms with E-state index in [4.69, 9.17) is 0 Å². The highest BCUT2D eigenvalue weighted by molar-refractivity contribution is 6.14. The van der Waals surface area contributed by atoms with Crippen molar-refractivity contribution >= 4 is 11.8 Å². The Balaban J connectivity index is 1.89. The van der Waals surface area contributed by atoms with Crippen molar-refractivity contribution in [3.63, 3.8) is 0 Å². The van der Waals surface area contributed by atoms with E-state index in [0.717, 1.165) is 6.42 Å². The molecule has 0 amide bonds. The number of benzene rings is 2. The fourth-order valence-corrected chi connectivity index (χ4v) is 3.13. The van der Waals surface area contributed by atoms with Gasteiger partial charge in [-0.2, -0.15) is 0 Å². The number of unbranched alkanes of at least 4 members (excludes halogenated alkanes) is 6. The Morgan fingerprint density at radius 3 is 1.96 bits per heavy atom. The van der Waals surface area contributed by atoms with Gasteiger partial charge in [0, 0.05) is 11.1 Å². The smallest absolute Gasteiger partial charge is 0.336 e. The Labute approximate surface area is 156 Å². The summed E-state index contributed by atoms with van der Waals surface area (Å²) in [6.07, 6.45) is 10.0. The quantitative estimate of drug-likeness (QED) is 0.404. The van der Waals surface area contributed by atoms with E-state index in [1.807, 2.05) is 12.1 Å². The number of rotatable bonds is 11. The van der Waals surface area contributed by atoms with Gasteiger partial charge in [-0.25, -0.2) is 4.79 Å². The highest BCUT2D eigenvalue weighted by atomic mass is 16.4. The maximum Gasteiger partial charge on any atom is 0.336 e. The minimum absolute atomic E-state index is 0.0460. The van der Waals surface area contributed by atoms with Gasteiger partial charge in [0.15, 0.2) is 5.78 Å². The molecule has 0 aliphatic heterocycles. The third-order valence-electron chi connectivity index (χ3n) is 4.69. The number of aromatic carboxylic acids is 1. The van der Waals surface area contributed by atoms with Gasteiger partial charge in [-0.05, 0) is 24.5 Å². The zero-order valence-electron chi connectivity index (χ0n) is 15.5. The maximum atomic E-state index is 12.6. The Hall–Kier alpha value is -2.42. The van der Waals surface area contributed by atoms with Crippen LogP contribution in [0.15, 0.2) is 48.5 Å². The Bertz CT molecular complexity index is 716. The van der Waals surface area contributed by atoms with Gasteiger partial charge in [0.05, 0.1) is 5.56 Å². The van der Waals surface area contributed by atoms with Crippen LogP contribution in [0.1, 0.15) is 83.7 Å². The van der Waals surface area contributed by atoms with Gasteiger partial charge in [0.1, 0.15) is 0 Å². The number of hydrogen-bond donors (Lipinski definition) is 1. The van der Waals surface area contributed by atoms with Crippen molar-refractivity contribution in [3.05, 3.63) is 70.8 Å². The van der Waals surface area contributed by atoms with Gasteiger partial charge in [0.2, 0.25) is 0 Å². The minimum Gasteiger partial charge on any atom is -0.478 e. The number of aryl methyl sites for hydroxylation is 1. The summed E-state index contributed by atoms with van der Waals surface area (Å²) < 4.78 is 0. The molecule has 26 heavy (non-hydrogen) atoms. The molecule has 0 spiro atoms. The molecule has 1 N–H and O–H groups in total. The summed E-state index contributed by atoms with van der Waals surface area (Å²) in [4.78, 5) is 23.9. The first-order valence-electron chi connectivity index (χ1n) is 9.59. The van der Waals surface area contributed by atoms with Crippen molar-refractivity contribution in [2.75, 3.05) is 0 Å². The molecule has 0 saturated heterocycles. The van der Waals surface area contributed by atoms with Crippen molar-refractivity contribution in [2.45, 2.75) is 58.3 Å². The van der Waals surface area contributed by atoms with Crippen LogP contribution in [-0.4, -0.2) is 16.9 Å².